The molecule has 5 nitrogen and oxygen atoms in total. The first-order valence-electron chi connectivity index (χ1n) is 10.4. The van der Waals surface area contributed by atoms with Crippen LogP contribution in [0.1, 0.15) is 44.7 Å². The van der Waals surface area contributed by atoms with E-state index in [1.54, 1.807) is 12.1 Å². The van der Waals surface area contributed by atoms with Crippen molar-refractivity contribution in [1.29, 1.82) is 0 Å². The van der Waals surface area contributed by atoms with Gasteiger partial charge in [0.05, 0.1) is 18.9 Å². The summed E-state index contributed by atoms with van der Waals surface area (Å²) < 4.78 is 16.5. The summed E-state index contributed by atoms with van der Waals surface area (Å²) in [5.74, 6) is 1.44. The molecule has 150 valence electrons. The quantitative estimate of drug-likeness (QED) is 0.634. The lowest BCUT2D eigenvalue weighted by atomic mass is 9.93. The van der Waals surface area contributed by atoms with E-state index in [4.69, 9.17) is 4.99 Å². The Hall–Kier alpha value is -2.37. The van der Waals surface area contributed by atoms with Crippen LogP contribution in [-0.4, -0.2) is 46.6 Å². The molecule has 2 unspecified atom stereocenters. The van der Waals surface area contributed by atoms with Gasteiger partial charge in [0, 0.05) is 37.4 Å². The van der Waals surface area contributed by atoms with Crippen molar-refractivity contribution < 1.29 is 4.39 Å². The smallest absolute Gasteiger partial charge is 0.194 e. The molecule has 0 bridgehead atoms. The predicted molar refractivity (Wildman–Crippen MR) is 110 cm³/mol. The van der Waals surface area contributed by atoms with Gasteiger partial charge in [0.1, 0.15) is 5.82 Å². The molecule has 1 N–H and O–H groups in total. The summed E-state index contributed by atoms with van der Waals surface area (Å²) in [5, 5.41) is 3.46. The van der Waals surface area contributed by atoms with E-state index in [-0.39, 0.29) is 11.2 Å². The number of rotatable bonds is 5. The summed E-state index contributed by atoms with van der Waals surface area (Å²) in [7, 11) is 0. The van der Waals surface area contributed by atoms with Crippen molar-refractivity contribution in [2.45, 2.75) is 44.6 Å². The Labute approximate surface area is 166 Å². The lowest BCUT2D eigenvalue weighted by Gasteiger charge is -2.39. The molecule has 1 saturated carbocycles. The number of nitrogens with one attached hydrogen (secondary N) is 1. The van der Waals surface area contributed by atoms with Gasteiger partial charge in [-0.1, -0.05) is 25.1 Å². The topological polar surface area (TPSA) is 45.5 Å². The van der Waals surface area contributed by atoms with Crippen molar-refractivity contribution in [2.24, 2.45) is 10.9 Å². The minimum absolute atomic E-state index is 0.104. The molecule has 1 aliphatic carbocycles. The van der Waals surface area contributed by atoms with E-state index < -0.39 is 0 Å². The van der Waals surface area contributed by atoms with Gasteiger partial charge in [0.25, 0.3) is 0 Å². The van der Waals surface area contributed by atoms with Crippen LogP contribution in [0.3, 0.4) is 0 Å². The fraction of sp³-hybridized carbons (Fsp3) is 0.545. The largest absolute Gasteiger partial charge is 0.357 e. The van der Waals surface area contributed by atoms with Crippen LogP contribution >= 0.6 is 0 Å². The first kappa shape index (κ1) is 19.0. The second-order valence-corrected chi connectivity index (χ2v) is 8.22. The molecule has 1 aromatic carbocycles. The molecule has 0 spiro atoms. The summed E-state index contributed by atoms with van der Waals surface area (Å²) in [6.07, 6.45) is 8.93. The van der Waals surface area contributed by atoms with Gasteiger partial charge in [-0.3, -0.25) is 4.99 Å². The Morgan fingerprint density at radius 1 is 1.36 bits per heavy atom. The zero-order chi connectivity index (χ0) is 19.6. The molecular formula is C22H30FN5. The summed E-state index contributed by atoms with van der Waals surface area (Å²) in [5.41, 5.74) is 0.692. The van der Waals surface area contributed by atoms with Gasteiger partial charge in [-0.15, -0.1) is 0 Å². The third kappa shape index (κ3) is 3.77. The predicted octanol–water partition coefficient (Wildman–Crippen LogP) is 3.60. The highest BCUT2D eigenvalue weighted by molar-refractivity contribution is 5.80. The van der Waals surface area contributed by atoms with Gasteiger partial charge in [-0.2, -0.15) is 0 Å². The van der Waals surface area contributed by atoms with Crippen LogP contribution in [0, 0.1) is 11.7 Å². The Morgan fingerprint density at radius 3 is 2.86 bits per heavy atom. The Bertz CT molecular complexity index is 812. The number of hydrogen-bond donors (Lipinski definition) is 1. The van der Waals surface area contributed by atoms with Crippen LogP contribution in [-0.2, 0) is 5.41 Å². The Morgan fingerprint density at radius 2 is 2.18 bits per heavy atom. The molecule has 2 heterocycles. The number of imidazole rings is 1. The van der Waals surface area contributed by atoms with Crippen molar-refractivity contribution in [1.82, 2.24) is 19.8 Å². The van der Waals surface area contributed by atoms with Crippen molar-refractivity contribution >= 4 is 5.96 Å². The minimum Gasteiger partial charge on any atom is -0.357 e. The maximum atomic E-state index is 14.3. The normalized spacial score (nSPS) is 24.2. The zero-order valence-electron chi connectivity index (χ0n) is 16.8. The van der Waals surface area contributed by atoms with E-state index in [0.29, 0.717) is 18.5 Å². The third-order valence-corrected chi connectivity index (χ3v) is 6.29. The number of likely N-dealkylation sites (tertiary alicyclic amines) is 1. The van der Waals surface area contributed by atoms with E-state index in [1.807, 2.05) is 30.9 Å². The van der Waals surface area contributed by atoms with Gasteiger partial charge in [0.15, 0.2) is 5.96 Å². The fourth-order valence-electron chi connectivity index (χ4n) is 4.30. The molecule has 2 atom stereocenters. The monoisotopic (exact) mass is 383 g/mol. The number of aliphatic imine (C=N–C) groups is 1. The fourth-order valence-corrected chi connectivity index (χ4v) is 4.30. The molecule has 6 heteroatoms. The van der Waals surface area contributed by atoms with Gasteiger partial charge in [0.2, 0.25) is 0 Å². The average Bonchev–Trinajstić information content (AvgIpc) is 3.28. The van der Waals surface area contributed by atoms with E-state index >= 15 is 0 Å². The van der Waals surface area contributed by atoms with Crippen LogP contribution in [0.25, 0.3) is 0 Å². The number of halogens is 1. The molecule has 0 radical (unpaired) electrons. The molecule has 4 rings (SSSR count). The lowest BCUT2D eigenvalue weighted by molar-refractivity contribution is 0.189. The van der Waals surface area contributed by atoms with E-state index in [1.165, 1.54) is 0 Å². The molecular weight excluding hydrogens is 353 g/mol. The van der Waals surface area contributed by atoms with Crippen LogP contribution in [0.15, 0.2) is 48.0 Å². The van der Waals surface area contributed by atoms with E-state index in [2.05, 4.69) is 33.6 Å². The van der Waals surface area contributed by atoms with Crippen LogP contribution in [0.2, 0.25) is 0 Å². The van der Waals surface area contributed by atoms with Crippen molar-refractivity contribution in [2.75, 3.05) is 26.2 Å². The molecule has 2 aromatic rings. The Kier molecular flexibility index (Phi) is 5.38. The summed E-state index contributed by atoms with van der Waals surface area (Å²) >= 11 is 0. The third-order valence-electron chi connectivity index (χ3n) is 6.29. The number of piperidine rings is 1. The lowest BCUT2D eigenvalue weighted by Crippen LogP contribution is -2.49. The highest BCUT2D eigenvalue weighted by Gasteiger charge is 2.46. The molecule has 28 heavy (non-hydrogen) atoms. The Balaban J connectivity index is 1.51. The number of hydrogen-bond acceptors (Lipinski definition) is 2. The van der Waals surface area contributed by atoms with Gasteiger partial charge in [-0.05, 0) is 43.7 Å². The van der Waals surface area contributed by atoms with Crippen LogP contribution in [0.5, 0.6) is 0 Å². The van der Waals surface area contributed by atoms with E-state index in [9.17, 15) is 4.39 Å². The van der Waals surface area contributed by atoms with Gasteiger partial charge in [-0.25, -0.2) is 9.37 Å². The number of nitrogens with zero attached hydrogens (tertiary/aromatic N) is 4. The van der Waals surface area contributed by atoms with Crippen molar-refractivity contribution in [3.05, 3.63) is 54.4 Å². The van der Waals surface area contributed by atoms with Crippen molar-refractivity contribution in [3.8, 4) is 0 Å². The van der Waals surface area contributed by atoms with Gasteiger partial charge < -0.3 is 14.8 Å². The highest BCUT2D eigenvalue weighted by Crippen LogP contribution is 2.49. The highest BCUT2D eigenvalue weighted by atomic mass is 19.1. The number of guanidine groups is 1. The maximum Gasteiger partial charge on any atom is 0.194 e. The molecule has 0 amide bonds. The second kappa shape index (κ2) is 7.94. The van der Waals surface area contributed by atoms with E-state index in [0.717, 1.165) is 50.4 Å². The van der Waals surface area contributed by atoms with Gasteiger partial charge >= 0.3 is 0 Å². The number of benzene rings is 1. The molecule has 1 saturated heterocycles. The first-order valence-corrected chi connectivity index (χ1v) is 10.4. The second-order valence-electron chi connectivity index (χ2n) is 8.22. The zero-order valence-corrected chi connectivity index (χ0v) is 16.8. The maximum absolute atomic E-state index is 14.3. The van der Waals surface area contributed by atoms with Crippen LogP contribution in [0.4, 0.5) is 4.39 Å². The molecule has 1 aromatic heterocycles. The summed E-state index contributed by atoms with van der Waals surface area (Å²) in [4.78, 5) is 11.5. The van der Waals surface area contributed by atoms with Crippen LogP contribution < -0.4 is 5.32 Å². The summed E-state index contributed by atoms with van der Waals surface area (Å²) in [6, 6.07) is 7.55. The minimum atomic E-state index is -0.126. The first-order chi connectivity index (χ1) is 13.6. The molecule has 2 aliphatic rings. The number of aromatic nitrogens is 2. The SMILES string of the molecule is CCNC(=NCC1(c2ccccc2F)CC1)N1CCC(C)C(n2ccnc2)C1. The van der Waals surface area contributed by atoms with Crippen molar-refractivity contribution in [3.63, 3.8) is 0 Å². The summed E-state index contributed by atoms with van der Waals surface area (Å²) in [6.45, 7) is 7.77. The average molecular weight is 384 g/mol. The standard InChI is InChI=1S/C22H30FN5/c1-3-25-21(26-15-22(9-10-22)18-6-4-5-7-19(18)23)27-12-8-17(2)20(14-27)28-13-11-24-16-28/h4-7,11,13,16-17,20H,3,8-10,12,14-15H2,1-2H3,(H,25,26). The molecule has 1 aliphatic heterocycles. The molecule has 2 fully saturated rings.